The molecule has 0 N–H and O–H groups in total. The highest BCUT2D eigenvalue weighted by atomic mass is 16.6. The zero-order chi connectivity index (χ0) is 8.27. The van der Waals surface area contributed by atoms with Crippen molar-refractivity contribution in [3.05, 3.63) is 11.8 Å². The summed E-state index contributed by atoms with van der Waals surface area (Å²) in [5.41, 5.74) is 0.448. The van der Waals surface area contributed by atoms with Crippen LogP contribution in [-0.4, -0.2) is 11.9 Å². The molecule has 0 radical (unpaired) electrons. The molecule has 0 saturated heterocycles. The summed E-state index contributed by atoms with van der Waals surface area (Å²) in [6.45, 7) is 3.72. The Hall–Kier alpha value is -1.12. The molecule has 1 aliphatic heterocycles. The maximum absolute atomic E-state index is 10.9. The highest BCUT2D eigenvalue weighted by Crippen LogP contribution is 2.11. The van der Waals surface area contributed by atoms with Crippen LogP contribution in [0.2, 0.25) is 0 Å². The third-order valence-electron chi connectivity index (χ3n) is 1.35. The predicted octanol–water partition coefficient (Wildman–Crippen LogP) is 1.65. The van der Waals surface area contributed by atoms with Crippen molar-refractivity contribution in [2.45, 2.75) is 26.7 Å². The van der Waals surface area contributed by atoms with E-state index in [1.807, 2.05) is 6.92 Å². The first-order valence-electron chi connectivity index (χ1n) is 3.71. The van der Waals surface area contributed by atoms with Gasteiger partial charge in [0.1, 0.15) is 5.70 Å². The number of allylic oxidation sites excluding steroid dienone is 1. The fourth-order valence-electron chi connectivity index (χ4n) is 0.835. The zero-order valence-electron chi connectivity index (χ0n) is 6.76. The molecule has 0 amide bonds. The van der Waals surface area contributed by atoms with E-state index < -0.39 is 0 Å². The van der Waals surface area contributed by atoms with Gasteiger partial charge in [-0.1, -0.05) is 19.4 Å². The second-order valence-electron chi connectivity index (χ2n) is 2.40. The van der Waals surface area contributed by atoms with Crippen LogP contribution < -0.4 is 0 Å². The van der Waals surface area contributed by atoms with Gasteiger partial charge in [-0.2, -0.15) is 0 Å². The van der Waals surface area contributed by atoms with E-state index in [0.29, 0.717) is 11.6 Å². The first-order chi connectivity index (χ1) is 5.24. The number of hydrogen-bond donors (Lipinski definition) is 0. The SMILES string of the molecule is CCCC=C1N=C(C)OC1=O. The Morgan fingerprint density at radius 1 is 1.64 bits per heavy atom. The van der Waals surface area contributed by atoms with Crippen molar-refractivity contribution in [1.29, 1.82) is 0 Å². The second-order valence-corrected chi connectivity index (χ2v) is 2.40. The molecule has 0 atom stereocenters. The van der Waals surface area contributed by atoms with Gasteiger partial charge in [0.05, 0.1) is 0 Å². The Labute approximate surface area is 65.8 Å². The van der Waals surface area contributed by atoms with E-state index in [9.17, 15) is 4.79 Å². The van der Waals surface area contributed by atoms with E-state index >= 15 is 0 Å². The molecule has 0 aliphatic carbocycles. The van der Waals surface area contributed by atoms with E-state index in [1.165, 1.54) is 0 Å². The van der Waals surface area contributed by atoms with Crippen molar-refractivity contribution in [3.63, 3.8) is 0 Å². The Morgan fingerprint density at radius 3 is 2.82 bits per heavy atom. The topological polar surface area (TPSA) is 38.7 Å². The molecule has 1 rings (SSSR count). The largest absolute Gasteiger partial charge is 0.407 e. The van der Waals surface area contributed by atoms with Gasteiger partial charge in [0, 0.05) is 6.92 Å². The summed E-state index contributed by atoms with van der Waals surface area (Å²) in [5, 5.41) is 0. The summed E-state index contributed by atoms with van der Waals surface area (Å²) in [4.78, 5) is 14.8. The van der Waals surface area contributed by atoms with E-state index in [4.69, 9.17) is 4.74 Å². The third kappa shape index (κ3) is 1.90. The number of carbonyl (C=O) groups is 1. The molecule has 0 unspecified atom stereocenters. The number of rotatable bonds is 2. The molecule has 0 saturated carbocycles. The Balaban J connectivity index is 2.65. The molecule has 0 aromatic heterocycles. The summed E-state index contributed by atoms with van der Waals surface area (Å²) in [6, 6.07) is 0. The number of nitrogens with zero attached hydrogens (tertiary/aromatic N) is 1. The lowest BCUT2D eigenvalue weighted by atomic mass is 10.3. The van der Waals surface area contributed by atoms with Gasteiger partial charge in [0.25, 0.3) is 0 Å². The van der Waals surface area contributed by atoms with Crippen LogP contribution in [0, 0.1) is 0 Å². The minimum Gasteiger partial charge on any atom is -0.407 e. The Morgan fingerprint density at radius 2 is 2.36 bits per heavy atom. The monoisotopic (exact) mass is 153 g/mol. The molecule has 1 heterocycles. The summed E-state index contributed by atoms with van der Waals surface area (Å²) in [5.74, 6) is 0.119. The van der Waals surface area contributed by atoms with Crippen molar-refractivity contribution < 1.29 is 9.53 Å². The van der Waals surface area contributed by atoms with Crippen molar-refractivity contribution in [2.75, 3.05) is 0 Å². The summed E-state index contributed by atoms with van der Waals surface area (Å²) >= 11 is 0. The van der Waals surface area contributed by atoms with Crippen molar-refractivity contribution in [2.24, 2.45) is 4.99 Å². The van der Waals surface area contributed by atoms with E-state index in [-0.39, 0.29) is 5.97 Å². The number of esters is 1. The normalized spacial score (nSPS) is 20.4. The average molecular weight is 153 g/mol. The smallest absolute Gasteiger partial charge is 0.363 e. The minimum absolute atomic E-state index is 0.323. The van der Waals surface area contributed by atoms with E-state index in [2.05, 4.69) is 4.99 Å². The molecule has 0 bridgehead atoms. The number of unbranched alkanes of at least 4 members (excludes halogenated alkanes) is 1. The maximum Gasteiger partial charge on any atom is 0.363 e. The molecular formula is C8H11NO2. The summed E-state index contributed by atoms with van der Waals surface area (Å²) < 4.78 is 4.71. The highest BCUT2D eigenvalue weighted by molar-refractivity contribution is 6.03. The van der Waals surface area contributed by atoms with Gasteiger partial charge < -0.3 is 4.74 Å². The van der Waals surface area contributed by atoms with Crippen LogP contribution in [0.1, 0.15) is 26.7 Å². The molecule has 0 spiro atoms. The number of ether oxygens (including phenoxy) is 1. The number of hydrogen-bond acceptors (Lipinski definition) is 3. The molecule has 3 heteroatoms. The van der Waals surface area contributed by atoms with Crippen LogP contribution in [0.3, 0.4) is 0 Å². The van der Waals surface area contributed by atoms with Gasteiger partial charge in [-0.3, -0.25) is 0 Å². The number of cyclic esters (lactones) is 1. The molecule has 60 valence electrons. The lowest BCUT2D eigenvalue weighted by Crippen LogP contribution is -1.99. The average Bonchev–Trinajstić information content (AvgIpc) is 2.26. The van der Waals surface area contributed by atoms with Gasteiger partial charge >= 0.3 is 5.97 Å². The first-order valence-corrected chi connectivity index (χ1v) is 3.71. The zero-order valence-corrected chi connectivity index (χ0v) is 6.76. The quantitative estimate of drug-likeness (QED) is 0.447. The van der Waals surface area contributed by atoms with Crippen molar-refractivity contribution in [1.82, 2.24) is 0 Å². The van der Waals surface area contributed by atoms with Crippen molar-refractivity contribution in [3.8, 4) is 0 Å². The predicted molar refractivity (Wildman–Crippen MR) is 42.2 cm³/mol. The standard InChI is InChI=1S/C8H11NO2/c1-3-4-5-7-8(10)11-6(2)9-7/h5H,3-4H2,1-2H3. The number of aliphatic imine (C=N–C) groups is 1. The van der Waals surface area contributed by atoms with Crippen LogP contribution in [0.25, 0.3) is 0 Å². The summed E-state index contributed by atoms with van der Waals surface area (Å²) in [7, 11) is 0. The Bertz CT molecular complexity index is 228. The van der Waals surface area contributed by atoms with Crippen molar-refractivity contribution >= 4 is 11.9 Å². The minimum atomic E-state index is -0.323. The fraction of sp³-hybridized carbons (Fsp3) is 0.500. The summed E-state index contributed by atoms with van der Waals surface area (Å²) in [6.07, 6.45) is 3.70. The van der Waals surface area contributed by atoms with Crippen LogP contribution in [0.15, 0.2) is 16.8 Å². The molecular weight excluding hydrogens is 142 g/mol. The molecule has 11 heavy (non-hydrogen) atoms. The van der Waals surface area contributed by atoms with Gasteiger partial charge in [-0.15, -0.1) is 0 Å². The van der Waals surface area contributed by atoms with Gasteiger partial charge in [0.15, 0.2) is 5.90 Å². The highest BCUT2D eigenvalue weighted by Gasteiger charge is 2.18. The van der Waals surface area contributed by atoms with Crippen LogP contribution >= 0.6 is 0 Å². The lowest BCUT2D eigenvalue weighted by molar-refractivity contribution is -0.130. The first kappa shape index (κ1) is 7.98. The molecule has 0 aromatic carbocycles. The van der Waals surface area contributed by atoms with E-state index in [1.54, 1.807) is 13.0 Å². The van der Waals surface area contributed by atoms with E-state index in [0.717, 1.165) is 12.8 Å². The molecule has 3 nitrogen and oxygen atoms in total. The van der Waals surface area contributed by atoms with Gasteiger partial charge in [-0.05, 0) is 6.42 Å². The molecule has 0 fully saturated rings. The second kappa shape index (κ2) is 3.32. The van der Waals surface area contributed by atoms with Gasteiger partial charge in [0.2, 0.25) is 0 Å². The fourth-order valence-corrected chi connectivity index (χ4v) is 0.835. The molecule has 0 aromatic rings. The van der Waals surface area contributed by atoms with Crippen LogP contribution in [0.4, 0.5) is 0 Å². The van der Waals surface area contributed by atoms with Crippen LogP contribution in [-0.2, 0) is 9.53 Å². The third-order valence-corrected chi connectivity index (χ3v) is 1.35. The maximum atomic E-state index is 10.9. The van der Waals surface area contributed by atoms with Gasteiger partial charge in [-0.25, -0.2) is 9.79 Å². The number of carbonyl (C=O) groups excluding carboxylic acids is 1. The van der Waals surface area contributed by atoms with Crippen LogP contribution in [0.5, 0.6) is 0 Å². The Kier molecular flexibility index (Phi) is 2.41. The lowest BCUT2D eigenvalue weighted by Gasteiger charge is -1.88. The molecule has 1 aliphatic rings.